The van der Waals surface area contributed by atoms with E-state index in [-0.39, 0.29) is 6.04 Å². The molecule has 4 aliphatic rings. The molecule has 18 heavy (non-hydrogen) atoms. The fourth-order valence-electron chi connectivity index (χ4n) is 4.99. The molecule has 4 rings (SSSR count). The maximum atomic E-state index is 12.7. The van der Waals surface area contributed by atoms with Gasteiger partial charge in [-0.1, -0.05) is 0 Å². The van der Waals surface area contributed by atoms with Crippen LogP contribution in [0.5, 0.6) is 0 Å². The van der Waals surface area contributed by atoms with Crippen molar-refractivity contribution in [1.29, 1.82) is 0 Å². The molecule has 2 bridgehead atoms. The van der Waals surface area contributed by atoms with E-state index in [1.54, 1.807) is 0 Å². The summed E-state index contributed by atoms with van der Waals surface area (Å²) in [6, 6.07) is 0.116. The van der Waals surface area contributed by atoms with Gasteiger partial charge in [-0.25, -0.2) is 0 Å². The lowest BCUT2D eigenvalue weighted by atomic mass is 10.0. The number of fused-ring (bicyclic) bond motifs is 5. The molecule has 0 aromatic heterocycles. The number of nitrogens with two attached hydrogens (primary N) is 1. The van der Waals surface area contributed by atoms with E-state index in [9.17, 15) is 4.79 Å². The van der Waals surface area contributed by atoms with Gasteiger partial charge in [-0.05, 0) is 42.9 Å². The highest BCUT2D eigenvalue weighted by molar-refractivity contribution is 5.83. The van der Waals surface area contributed by atoms with Gasteiger partial charge in [0.1, 0.15) is 0 Å². The fraction of sp³-hybridized carbons (Fsp3) is 0.929. The highest BCUT2D eigenvalue weighted by Gasteiger charge is 2.68. The highest BCUT2D eigenvalue weighted by atomic mass is 16.5. The van der Waals surface area contributed by atoms with Gasteiger partial charge in [0, 0.05) is 19.0 Å². The Morgan fingerprint density at radius 3 is 2.67 bits per heavy atom. The third-order valence-corrected chi connectivity index (χ3v) is 5.80. The molecule has 1 aliphatic heterocycles. The number of rotatable bonds is 2. The van der Waals surface area contributed by atoms with Crippen LogP contribution in [-0.2, 0) is 9.53 Å². The molecule has 100 valence electrons. The Bertz CT molecular complexity index is 357. The molecular weight excluding hydrogens is 228 g/mol. The van der Waals surface area contributed by atoms with Crippen molar-refractivity contribution in [1.82, 2.24) is 4.90 Å². The van der Waals surface area contributed by atoms with Crippen LogP contribution in [0.4, 0.5) is 0 Å². The lowest BCUT2D eigenvalue weighted by Gasteiger charge is -2.35. The summed E-state index contributed by atoms with van der Waals surface area (Å²) in [7, 11) is 0. The molecule has 3 saturated carbocycles. The summed E-state index contributed by atoms with van der Waals surface area (Å²) in [5.41, 5.74) is 5.76. The largest absolute Gasteiger partial charge is 0.377 e. The summed E-state index contributed by atoms with van der Waals surface area (Å²) in [5.74, 6) is 3.94. The van der Waals surface area contributed by atoms with Gasteiger partial charge < -0.3 is 15.4 Å². The summed E-state index contributed by atoms with van der Waals surface area (Å²) in [6.07, 6.45) is 4.15. The average Bonchev–Trinajstić information content (AvgIpc) is 2.85. The molecular formula is C14H22N2O2. The Balaban J connectivity index is 1.48. The van der Waals surface area contributed by atoms with E-state index in [2.05, 4.69) is 0 Å². The van der Waals surface area contributed by atoms with Crippen LogP contribution in [0.15, 0.2) is 0 Å². The summed E-state index contributed by atoms with van der Waals surface area (Å²) >= 11 is 0. The number of morpholine rings is 1. The smallest absolute Gasteiger partial charge is 0.226 e. The lowest BCUT2D eigenvalue weighted by Crippen LogP contribution is -2.53. The minimum Gasteiger partial charge on any atom is -0.377 e. The van der Waals surface area contributed by atoms with Crippen LogP contribution in [-0.4, -0.2) is 43.2 Å². The van der Waals surface area contributed by atoms with Gasteiger partial charge in [0.15, 0.2) is 0 Å². The standard InChI is InChI=1S/C14H22N2O2/c15-6-10-7-18-4-3-16(10)14(17)13-11-8-1-2-9(5-8)12(11)13/h8-13H,1-7,15H2. The Morgan fingerprint density at radius 2 is 2.00 bits per heavy atom. The van der Waals surface area contributed by atoms with Crippen molar-refractivity contribution in [3.8, 4) is 0 Å². The van der Waals surface area contributed by atoms with Crippen molar-refractivity contribution in [2.24, 2.45) is 35.3 Å². The predicted molar refractivity (Wildman–Crippen MR) is 66.7 cm³/mol. The lowest BCUT2D eigenvalue weighted by molar-refractivity contribution is -0.142. The molecule has 1 heterocycles. The van der Waals surface area contributed by atoms with Gasteiger partial charge in [-0.15, -0.1) is 0 Å². The second-order valence-corrected chi connectivity index (χ2v) is 6.51. The quantitative estimate of drug-likeness (QED) is 0.775. The second-order valence-electron chi connectivity index (χ2n) is 6.51. The van der Waals surface area contributed by atoms with E-state index in [1.165, 1.54) is 19.3 Å². The molecule has 4 fully saturated rings. The predicted octanol–water partition coefficient (Wildman–Crippen LogP) is 0.465. The molecule has 1 saturated heterocycles. The van der Waals surface area contributed by atoms with Gasteiger partial charge in [0.25, 0.3) is 0 Å². The topological polar surface area (TPSA) is 55.6 Å². The summed E-state index contributed by atoms with van der Waals surface area (Å²) in [4.78, 5) is 14.7. The zero-order valence-corrected chi connectivity index (χ0v) is 10.8. The van der Waals surface area contributed by atoms with Crippen molar-refractivity contribution in [3.63, 3.8) is 0 Å². The molecule has 5 atom stereocenters. The molecule has 4 nitrogen and oxygen atoms in total. The molecule has 0 aromatic carbocycles. The van der Waals surface area contributed by atoms with Crippen LogP contribution in [0, 0.1) is 29.6 Å². The first-order valence-electron chi connectivity index (χ1n) is 7.39. The van der Waals surface area contributed by atoms with E-state index >= 15 is 0 Å². The monoisotopic (exact) mass is 250 g/mol. The summed E-state index contributed by atoms with van der Waals surface area (Å²) < 4.78 is 5.43. The van der Waals surface area contributed by atoms with E-state index in [0.717, 1.165) is 30.2 Å². The molecule has 5 unspecified atom stereocenters. The Morgan fingerprint density at radius 1 is 1.28 bits per heavy atom. The first-order chi connectivity index (χ1) is 8.81. The number of amides is 1. The maximum Gasteiger partial charge on any atom is 0.226 e. The molecule has 2 N–H and O–H groups in total. The van der Waals surface area contributed by atoms with Gasteiger partial charge in [-0.3, -0.25) is 4.79 Å². The number of ether oxygens (including phenoxy) is 1. The van der Waals surface area contributed by atoms with Gasteiger partial charge in [-0.2, -0.15) is 0 Å². The van der Waals surface area contributed by atoms with Crippen molar-refractivity contribution in [3.05, 3.63) is 0 Å². The number of hydrogen-bond acceptors (Lipinski definition) is 3. The zero-order chi connectivity index (χ0) is 12.3. The number of hydrogen-bond donors (Lipinski definition) is 1. The molecule has 1 amide bonds. The first kappa shape index (κ1) is 11.2. The minimum absolute atomic E-state index is 0.116. The van der Waals surface area contributed by atoms with Crippen molar-refractivity contribution in [2.45, 2.75) is 25.3 Å². The third kappa shape index (κ3) is 1.42. The average molecular weight is 250 g/mol. The van der Waals surface area contributed by atoms with Crippen LogP contribution in [0.3, 0.4) is 0 Å². The van der Waals surface area contributed by atoms with Gasteiger partial charge in [0.2, 0.25) is 5.91 Å². The molecule has 0 radical (unpaired) electrons. The van der Waals surface area contributed by atoms with Crippen molar-refractivity contribution < 1.29 is 9.53 Å². The first-order valence-corrected chi connectivity index (χ1v) is 7.39. The van der Waals surface area contributed by atoms with Crippen molar-refractivity contribution in [2.75, 3.05) is 26.3 Å². The highest BCUT2D eigenvalue weighted by Crippen LogP contribution is 2.69. The fourth-order valence-corrected chi connectivity index (χ4v) is 4.99. The van der Waals surface area contributed by atoms with Gasteiger partial charge in [0.05, 0.1) is 19.3 Å². The van der Waals surface area contributed by atoms with Crippen molar-refractivity contribution >= 4 is 5.91 Å². The van der Waals surface area contributed by atoms with E-state index in [4.69, 9.17) is 10.5 Å². The maximum absolute atomic E-state index is 12.7. The molecule has 0 spiro atoms. The Hall–Kier alpha value is -0.610. The summed E-state index contributed by atoms with van der Waals surface area (Å²) in [5, 5.41) is 0. The molecule has 0 aromatic rings. The molecule has 4 heteroatoms. The van der Waals surface area contributed by atoms with E-state index in [0.29, 0.717) is 31.6 Å². The van der Waals surface area contributed by atoms with E-state index in [1.807, 2.05) is 4.90 Å². The third-order valence-electron chi connectivity index (χ3n) is 5.80. The van der Waals surface area contributed by atoms with Crippen LogP contribution in [0.1, 0.15) is 19.3 Å². The second kappa shape index (κ2) is 3.94. The van der Waals surface area contributed by atoms with Crippen LogP contribution in [0.2, 0.25) is 0 Å². The SMILES string of the molecule is NCC1COCCN1C(=O)C1C2C3CCC(C3)C12. The number of nitrogens with zero attached hydrogens (tertiary/aromatic N) is 1. The zero-order valence-electron chi connectivity index (χ0n) is 10.8. The molecule has 3 aliphatic carbocycles. The normalized spacial score (nSPS) is 49.3. The van der Waals surface area contributed by atoms with E-state index < -0.39 is 0 Å². The van der Waals surface area contributed by atoms with Gasteiger partial charge >= 0.3 is 0 Å². The summed E-state index contributed by atoms with van der Waals surface area (Å²) in [6.45, 7) is 2.57. The Kier molecular flexibility index (Phi) is 2.46. The van der Waals surface area contributed by atoms with Crippen LogP contribution in [0.25, 0.3) is 0 Å². The van der Waals surface area contributed by atoms with Crippen LogP contribution < -0.4 is 5.73 Å². The Labute approximate surface area is 108 Å². The van der Waals surface area contributed by atoms with Crippen LogP contribution >= 0.6 is 0 Å². The number of carbonyl (C=O) groups excluding carboxylic acids is 1. The minimum atomic E-state index is 0.116. The number of carbonyl (C=O) groups is 1.